The van der Waals surface area contributed by atoms with Gasteiger partial charge in [-0.05, 0) is 0 Å². The van der Waals surface area contributed by atoms with Crippen molar-refractivity contribution in [3.63, 3.8) is 0 Å². The summed E-state index contributed by atoms with van der Waals surface area (Å²) in [6.07, 6.45) is -2.19. The first-order chi connectivity index (χ1) is 13.0. The second kappa shape index (κ2) is 7.84. The fourth-order valence-corrected chi connectivity index (χ4v) is 2.78. The van der Waals surface area contributed by atoms with Gasteiger partial charge in [-0.3, -0.25) is 4.79 Å². The van der Waals surface area contributed by atoms with Gasteiger partial charge in [0.1, 0.15) is 30.2 Å². The van der Waals surface area contributed by atoms with Gasteiger partial charge in [0.2, 0.25) is 0 Å². The summed E-state index contributed by atoms with van der Waals surface area (Å²) in [7, 11) is 1.52. The highest BCUT2D eigenvalue weighted by molar-refractivity contribution is 5.92. The number of nitrogens with one attached hydrogen (secondary N) is 4. The number of fused-ring (bicyclic) bond motifs is 1. The molecule has 0 spiro atoms. The number of likely N-dealkylation sites (N-methyl/N-ethyl adjacent to an activating group) is 1. The minimum atomic E-state index is -1.42. The van der Waals surface area contributed by atoms with Crippen molar-refractivity contribution in [3.8, 4) is 0 Å². The van der Waals surface area contributed by atoms with Gasteiger partial charge in [-0.15, -0.1) is 0 Å². The van der Waals surface area contributed by atoms with E-state index in [0.717, 1.165) is 0 Å². The zero-order valence-corrected chi connectivity index (χ0v) is 14.5. The van der Waals surface area contributed by atoms with Crippen molar-refractivity contribution < 1.29 is 24.9 Å². The van der Waals surface area contributed by atoms with E-state index in [0.29, 0.717) is 17.0 Å². The average molecular weight is 379 g/mol. The van der Waals surface area contributed by atoms with Crippen molar-refractivity contribution in [2.75, 3.05) is 19.0 Å². The molecule has 3 rings (SSSR count). The molecule has 1 saturated heterocycles. The number of carbonyl (C=O) groups is 1. The summed E-state index contributed by atoms with van der Waals surface area (Å²) in [6.45, 7) is 3.02. The Morgan fingerprint density at radius 1 is 1.33 bits per heavy atom. The van der Waals surface area contributed by atoms with E-state index >= 15 is 0 Å². The molecule has 7 N–H and O–H groups in total. The molecule has 3 heterocycles. The molecule has 1 aliphatic rings. The fraction of sp³-hybridized carbons (Fsp3) is 0.467. The Morgan fingerprint density at radius 3 is 2.81 bits per heavy atom. The number of ether oxygens (including phenoxy) is 1. The SMILES string of the molecule is C=C(NC)C(=O)N[C@@H]1[C@@H](O)[C@H](O)[C@@H](Nc2ncnc3nc[nH]c23)O[C@H]1CO. The maximum atomic E-state index is 12.0. The minimum Gasteiger partial charge on any atom is -0.394 e. The minimum absolute atomic E-state index is 0.0660. The molecule has 0 radical (unpaired) electrons. The van der Waals surface area contributed by atoms with Crippen molar-refractivity contribution in [2.24, 2.45) is 0 Å². The van der Waals surface area contributed by atoms with E-state index in [2.05, 4.69) is 42.5 Å². The molecule has 12 nitrogen and oxygen atoms in total. The highest BCUT2D eigenvalue weighted by Gasteiger charge is 2.45. The van der Waals surface area contributed by atoms with Gasteiger partial charge in [-0.2, -0.15) is 0 Å². The van der Waals surface area contributed by atoms with Crippen LogP contribution >= 0.6 is 0 Å². The standard InChI is InChI=1S/C15H21N7O5/c1-6(16-2)14(26)21-8-7(3-23)27-15(11(25)10(8)24)22-13-9-12(18-4-17-9)19-5-20-13/h4-5,7-8,10-11,15-16,23-25H,1,3H2,2H3,(H,21,26)(H2,17,18,19,20,22)/t7-,8-,10+,11-,15-/m0/s1. The second-order valence-electron chi connectivity index (χ2n) is 5.95. The second-order valence-corrected chi connectivity index (χ2v) is 5.95. The van der Waals surface area contributed by atoms with E-state index in [1.54, 1.807) is 0 Å². The third-order valence-corrected chi connectivity index (χ3v) is 4.31. The van der Waals surface area contributed by atoms with Crippen molar-refractivity contribution >= 4 is 22.9 Å². The number of aliphatic hydroxyl groups excluding tert-OH is 3. The van der Waals surface area contributed by atoms with E-state index in [1.165, 1.54) is 19.7 Å². The first-order valence-electron chi connectivity index (χ1n) is 8.16. The molecule has 146 valence electrons. The molecule has 27 heavy (non-hydrogen) atoms. The van der Waals surface area contributed by atoms with Crippen LogP contribution in [0.25, 0.3) is 11.2 Å². The summed E-state index contributed by atoms with van der Waals surface area (Å²) < 4.78 is 5.64. The van der Waals surface area contributed by atoms with E-state index in [9.17, 15) is 20.1 Å². The van der Waals surface area contributed by atoms with Crippen molar-refractivity contribution in [1.29, 1.82) is 0 Å². The molecule has 0 saturated carbocycles. The summed E-state index contributed by atoms with van der Waals surface area (Å²) in [6, 6.07) is -1.04. The first-order valence-corrected chi connectivity index (χ1v) is 8.16. The predicted octanol–water partition coefficient (Wildman–Crippen LogP) is -2.58. The van der Waals surface area contributed by atoms with Crippen LogP contribution in [0.2, 0.25) is 0 Å². The van der Waals surface area contributed by atoms with E-state index in [1.807, 2.05) is 0 Å². The number of H-pyrrole nitrogens is 1. The van der Waals surface area contributed by atoms with Gasteiger partial charge in [0.15, 0.2) is 17.7 Å². The Hall–Kier alpha value is -2.80. The molecule has 1 amide bonds. The monoisotopic (exact) mass is 379 g/mol. The zero-order chi connectivity index (χ0) is 19.6. The van der Waals surface area contributed by atoms with Crippen LogP contribution < -0.4 is 16.0 Å². The van der Waals surface area contributed by atoms with Crippen LogP contribution in [-0.4, -0.2) is 85.4 Å². The van der Waals surface area contributed by atoms with Crippen molar-refractivity contribution in [1.82, 2.24) is 30.6 Å². The number of aromatic nitrogens is 4. The van der Waals surface area contributed by atoms with Crippen LogP contribution in [0.5, 0.6) is 0 Å². The van der Waals surface area contributed by atoms with Gasteiger partial charge >= 0.3 is 0 Å². The van der Waals surface area contributed by atoms with Crippen LogP contribution in [0.15, 0.2) is 24.9 Å². The molecule has 2 aromatic rings. The van der Waals surface area contributed by atoms with E-state index in [-0.39, 0.29) is 5.70 Å². The highest BCUT2D eigenvalue weighted by Crippen LogP contribution is 2.24. The van der Waals surface area contributed by atoms with E-state index < -0.39 is 43.1 Å². The number of carbonyl (C=O) groups excluding carboxylic acids is 1. The number of hydrogen-bond acceptors (Lipinski definition) is 10. The molecule has 1 aliphatic heterocycles. The van der Waals surface area contributed by atoms with Gasteiger partial charge < -0.3 is 41.0 Å². The predicted molar refractivity (Wildman–Crippen MR) is 93.2 cm³/mol. The largest absolute Gasteiger partial charge is 0.394 e. The molecule has 12 heteroatoms. The molecular formula is C15H21N7O5. The Bertz CT molecular complexity index is 826. The average Bonchev–Trinajstić information content (AvgIpc) is 3.16. The Labute approximate surface area is 153 Å². The number of aromatic amines is 1. The summed E-state index contributed by atoms with van der Waals surface area (Å²) in [5, 5.41) is 38.4. The number of rotatable bonds is 6. The Balaban J connectivity index is 1.77. The zero-order valence-electron chi connectivity index (χ0n) is 14.5. The lowest BCUT2D eigenvalue weighted by Crippen LogP contribution is -2.66. The molecule has 2 aromatic heterocycles. The number of imidazole rings is 1. The lowest BCUT2D eigenvalue weighted by atomic mass is 9.95. The Morgan fingerprint density at radius 2 is 2.11 bits per heavy atom. The van der Waals surface area contributed by atoms with Gasteiger partial charge in [-0.25, -0.2) is 15.0 Å². The molecule has 0 unspecified atom stereocenters. The van der Waals surface area contributed by atoms with Gasteiger partial charge in [0, 0.05) is 7.05 Å². The van der Waals surface area contributed by atoms with Crippen LogP contribution in [0.3, 0.4) is 0 Å². The molecular weight excluding hydrogens is 358 g/mol. The molecule has 0 bridgehead atoms. The van der Waals surface area contributed by atoms with Crippen LogP contribution in [-0.2, 0) is 9.53 Å². The first kappa shape index (κ1) is 19.0. The summed E-state index contributed by atoms with van der Waals surface area (Å²) in [4.78, 5) is 26.9. The maximum absolute atomic E-state index is 12.0. The lowest BCUT2D eigenvalue weighted by Gasteiger charge is -2.42. The van der Waals surface area contributed by atoms with Gasteiger partial charge in [0.25, 0.3) is 5.91 Å². The fourth-order valence-electron chi connectivity index (χ4n) is 2.78. The van der Waals surface area contributed by atoms with Crippen molar-refractivity contribution in [2.45, 2.75) is 30.6 Å². The summed E-state index contributed by atoms with van der Waals surface area (Å²) in [5.41, 5.74) is 0.966. The highest BCUT2D eigenvalue weighted by atomic mass is 16.5. The quantitative estimate of drug-likeness (QED) is 0.264. The molecule has 1 fully saturated rings. The van der Waals surface area contributed by atoms with E-state index in [4.69, 9.17) is 4.74 Å². The topological polar surface area (TPSA) is 178 Å². The normalized spacial score (nSPS) is 27.9. The van der Waals surface area contributed by atoms with Crippen LogP contribution in [0.4, 0.5) is 5.82 Å². The maximum Gasteiger partial charge on any atom is 0.267 e. The molecule has 5 atom stereocenters. The number of hydrogen-bond donors (Lipinski definition) is 7. The van der Waals surface area contributed by atoms with Crippen LogP contribution in [0.1, 0.15) is 0 Å². The Kier molecular flexibility index (Phi) is 5.51. The van der Waals surface area contributed by atoms with Crippen molar-refractivity contribution in [3.05, 3.63) is 24.9 Å². The number of amides is 1. The summed E-state index contributed by atoms with van der Waals surface area (Å²) in [5.74, 6) is -0.284. The smallest absolute Gasteiger partial charge is 0.267 e. The van der Waals surface area contributed by atoms with Gasteiger partial charge in [0.05, 0.1) is 24.7 Å². The summed E-state index contributed by atoms with van der Waals surface area (Å²) >= 11 is 0. The lowest BCUT2D eigenvalue weighted by molar-refractivity contribution is -0.184. The molecule has 0 aliphatic carbocycles. The number of aliphatic hydroxyl groups is 3. The number of nitrogens with zero attached hydrogens (tertiary/aromatic N) is 3. The van der Waals surface area contributed by atoms with Crippen LogP contribution in [0, 0.1) is 0 Å². The molecule has 0 aromatic carbocycles. The number of anilines is 1. The van der Waals surface area contributed by atoms with Gasteiger partial charge in [-0.1, -0.05) is 6.58 Å². The third kappa shape index (κ3) is 3.68. The third-order valence-electron chi connectivity index (χ3n) is 4.31.